The van der Waals surface area contributed by atoms with Gasteiger partial charge < -0.3 is 4.90 Å². The molecule has 0 aliphatic heterocycles. The molecular weight excluding hydrogens is 1120 g/mol. The minimum Gasteiger partial charge on any atom is -0.310 e. The second-order valence-electron chi connectivity index (χ2n) is 28.3. The van der Waals surface area contributed by atoms with Crippen LogP contribution in [-0.4, -0.2) is 0 Å². The molecule has 4 bridgehead atoms. The molecule has 0 heterocycles. The Morgan fingerprint density at radius 2 is 0.624 bits per heavy atom. The lowest BCUT2D eigenvalue weighted by atomic mass is 9.43. The smallest absolute Gasteiger partial charge is 0.0720 e. The molecule has 1 heteroatoms. The van der Waals surface area contributed by atoms with Crippen LogP contribution in [-0.2, 0) is 16.2 Å². The van der Waals surface area contributed by atoms with E-state index in [0.29, 0.717) is 11.8 Å². The summed E-state index contributed by atoms with van der Waals surface area (Å²) in [5.41, 5.74) is 33.7. The van der Waals surface area contributed by atoms with E-state index in [-0.39, 0.29) is 10.8 Å². The third-order valence-corrected chi connectivity index (χ3v) is 23.3. The minimum atomic E-state index is -0.689. The molecule has 7 aliphatic rings. The van der Waals surface area contributed by atoms with Gasteiger partial charge in [0.1, 0.15) is 0 Å². The number of anilines is 3. The zero-order valence-electron chi connectivity index (χ0n) is 52.7. The van der Waals surface area contributed by atoms with E-state index in [2.05, 4.69) is 328 Å². The van der Waals surface area contributed by atoms with Crippen LogP contribution in [0.25, 0.3) is 89.0 Å². The van der Waals surface area contributed by atoms with Gasteiger partial charge in [0, 0.05) is 27.9 Å². The Morgan fingerprint density at radius 3 is 1.24 bits per heavy atom. The highest BCUT2D eigenvalue weighted by atomic mass is 15.1. The fraction of sp³-hybridized carbons (Fsp3) is 0.152. The van der Waals surface area contributed by atoms with Crippen molar-refractivity contribution in [2.45, 2.75) is 62.2 Å². The Kier molecular flexibility index (Phi) is 12.2. The van der Waals surface area contributed by atoms with E-state index < -0.39 is 5.41 Å². The van der Waals surface area contributed by atoms with E-state index in [1.165, 1.54) is 160 Å². The Bertz CT molecular complexity index is 5080. The molecule has 0 amide bonds. The molecule has 0 radical (unpaired) electrons. The predicted molar refractivity (Wildman–Crippen MR) is 386 cm³/mol. The van der Waals surface area contributed by atoms with Crippen LogP contribution in [0.15, 0.2) is 309 Å². The molecule has 1 atom stereocenters. The SMILES string of the molecule is CC1(C)c2cc(-c3ccc(-c4ccccc4)cc3)ccc2C2(c3ccccc3-c3ccc(N(c4cccc(-c5cccc(-c6ccccc6)c5)c4)c4ccc5c(c4)-c4ccccc4C54C5CC6CC(C5)CC4C6)cc32)c2cc(-c3ccc(-c4ccccc4)cc3)ccc21. The molecule has 444 valence electrons. The quantitative estimate of drug-likeness (QED) is 0.139. The van der Waals surface area contributed by atoms with Crippen molar-refractivity contribution in [2.24, 2.45) is 23.7 Å². The highest BCUT2D eigenvalue weighted by molar-refractivity contribution is 5.94. The van der Waals surface area contributed by atoms with E-state index in [4.69, 9.17) is 0 Å². The molecule has 93 heavy (non-hydrogen) atoms. The highest BCUT2D eigenvalue weighted by Gasteiger charge is 2.62. The minimum absolute atomic E-state index is 0.0714. The number of hydrogen-bond acceptors (Lipinski definition) is 1. The maximum Gasteiger partial charge on any atom is 0.0720 e. The number of nitrogens with zero attached hydrogens (tertiary/aromatic N) is 1. The van der Waals surface area contributed by atoms with Gasteiger partial charge in [-0.15, -0.1) is 0 Å². The topological polar surface area (TPSA) is 3.24 Å². The van der Waals surface area contributed by atoms with Gasteiger partial charge in [-0.25, -0.2) is 0 Å². The summed E-state index contributed by atoms with van der Waals surface area (Å²) >= 11 is 0. The Hall–Kier alpha value is -10.3. The average Bonchev–Trinajstić information content (AvgIpc) is 1.59. The lowest BCUT2D eigenvalue weighted by Gasteiger charge is -2.61. The molecule has 13 aromatic rings. The summed E-state index contributed by atoms with van der Waals surface area (Å²) in [6.45, 7) is 4.94. The zero-order valence-corrected chi connectivity index (χ0v) is 52.7. The van der Waals surface area contributed by atoms with Crippen LogP contribution in [0.5, 0.6) is 0 Å². The van der Waals surface area contributed by atoms with Crippen molar-refractivity contribution in [3.8, 4) is 89.0 Å². The third kappa shape index (κ3) is 8.18. The lowest BCUT2D eigenvalue weighted by molar-refractivity contribution is -0.0399. The van der Waals surface area contributed by atoms with E-state index >= 15 is 0 Å². The van der Waals surface area contributed by atoms with E-state index in [1.807, 2.05) is 0 Å². The van der Waals surface area contributed by atoms with Crippen LogP contribution >= 0.6 is 0 Å². The highest BCUT2D eigenvalue weighted by Crippen LogP contribution is 2.70. The molecule has 0 saturated heterocycles. The Morgan fingerprint density at radius 1 is 0.237 bits per heavy atom. The van der Waals surface area contributed by atoms with Crippen LogP contribution in [0.3, 0.4) is 0 Å². The molecule has 20 rings (SSSR count). The molecule has 13 aromatic carbocycles. The Labute approximate surface area is 547 Å². The van der Waals surface area contributed by atoms with Gasteiger partial charge in [0.25, 0.3) is 0 Å². The summed E-state index contributed by atoms with van der Waals surface area (Å²) in [5, 5.41) is 0. The fourth-order valence-electron chi connectivity index (χ4n) is 19.5. The van der Waals surface area contributed by atoms with E-state index in [9.17, 15) is 0 Å². The molecule has 0 N–H and O–H groups in total. The lowest BCUT2D eigenvalue weighted by Crippen LogP contribution is -2.55. The van der Waals surface area contributed by atoms with Crippen molar-refractivity contribution < 1.29 is 0 Å². The fourth-order valence-corrected chi connectivity index (χ4v) is 19.5. The number of fused-ring (bicyclic) bond motifs is 12. The predicted octanol–water partition coefficient (Wildman–Crippen LogP) is 23.9. The molecule has 1 unspecified atom stereocenters. The standard InChI is InChI=1S/C92H71N/c1-90(2)85-45-40-72(67-38-34-65(35-39-67)62-20-8-4-9-21-62)56-89(85)92(86-46-41-71(55-88(86)90)66-36-32-64(33-37-66)61-18-6-3-7-19-61)83-31-15-12-28-78(83)80-44-42-77(58-87(80)92)93(75-27-17-26-70(54-75)69-25-16-24-68(53-69)63-22-10-5-11-23-63)76-43-47-84-81(57-76)79-29-13-14-30-82(79)91(84)73-49-59-48-60(51-73)52-74(91)50-59/h3-47,53-60,73-74H,48-52H2,1-2H3. The van der Waals surface area contributed by atoms with Crippen LogP contribution in [0, 0.1) is 23.7 Å². The van der Waals surface area contributed by atoms with Crippen molar-refractivity contribution in [3.63, 3.8) is 0 Å². The van der Waals surface area contributed by atoms with Crippen molar-refractivity contribution >= 4 is 17.1 Å². The summed E-state index contributed by atoms with van der Waals surface area (Å²) in [4.78, 5) is 2.60. The van der Waals surface area contributed by atoms with Gasteiger partial charge in [-0.1, -0.05) is 269 Å². The van der Waals surface area contributed by atoms with Crippen LogP contribution < -0.4 is 4.90 Å². The first-order valence-corrected chi connectivity index (χ1v) is 34.0. The molecule has 4 saturated carbocycles. The third-order valence-electron chi connectivity index (χ3n) is 23.3. The van der Waals surface area contributed by atoms with Crippen molar-refractivity contribution in [1.29, 1.82) is 0 Å². The Balaban J connectivity index is 0.833. The van der Waals surface area contributed by atoms with Gasteiger partial charge in [-0.2, -0.15) is 0 Å². The number of benzene rings is 13. The van der Waals surface area contributed by atoms with Gasteiger partial charge in [0.05, 0.1) is 5.41 Å². The average molecular weight is 1190 g/mol. The number of hydrogen-bond donors (Lipinski definition) is 0. The van der Waals surface area contributed by atoms with E-state index in [1.54, 1.807) is 11.1 Å². The second kappa shape index (κ2) is 20.8. The summed E-state index contributed by atoms with van der Waals surface area (Å²) < 4.78 is 0. The van der Waals surface area contributed by atoms with Gasteiger partial charge in [0.15, 0.2) is 0 Å². The van der Waals surface area contributed by atoms with Crippen LogP contribution in [0.4, 0.5) is 17.1 Å². The zero-order chi connectivity index (χ0) is 61.6. The van der Waals surface area contributed by atoms with Gasteiger partial charge >= 0.3 is 0 Å². The summed E-state index contributed by atoms with van der Waals surface area (Å²) in [6.07, 6.45) is 6.89. The van der Waals surface area contributed by atoms with Crippen molar-refractivity contribution in [3.05, 3.63) is 354 Å². The number of rotatable bonds is 9. The molecule has 4 fully saturated rings. The summed E-state index contributed by atoms with van der Waals surface area (Å²) in [5.74, 6) is 3.14. The first-order valence-electron chi connectivity index (χ1n) is 34.0. The molecule has 1 nitrogen and oxygen atoms in total. The van der Waals surface area contributed by atoms with Crippen LogP contribution in [0.2, 0.25) is 0 Å². The first kappa shape index (κ1) is 54.4. The van der Waals surface area contributed by atoms with Gasteiger partial charge in [-0.3, -0.25) is 0 Å². The normalized spacial score (nSPS) is 21.0. The maximum atomic E-state index is 2.61. The van der Waals surface area contributed by atoms with Crippen molar-refractivity contribution in [2.75, 3.05) is 4.90 Å². The van der Waals surface area contributed by atoms with E-state index in [0.717, 1.165) is 23.2 Å². The summed E-state index contributed by atoms with van der Waals surface area (Å²) in [7, 11) is 0. The van der Waals surface area contributed by atoms with Crippen molar-refractivity contribution in [1.82, 2.24) is 0 Å². The largest absolute Gasteiger partial charge is 0.310 e. The summed E-state index contributed by atoms with van der Waals surface area (Å²) in [6, 6.07) is 118. The molecule has 0 aromatic heterocycles. The second-order valence-corrected chi connectivity index (χ2v) is 28.3. The van der Waals surface area contributed by atoms with Gasteiger partial charge in [-0.05, 0) is 244 Å². The monoisotopic (exact) mass is 1190 g/mol. The van der Waals surface area contributed by atoms with Crippen LogP contribution in [0.1, 0.15) is 90.5 Å². The molecular formula is C92H71N. The van der Waals surface area contributed by atoms with Gasteiger partial charge in [0.2, 0.25) is 0 Å². The first-order chi connectivity index (χ1) is 45.8. The maximum absolute atomic E-state index is 2.61. The molecule has 7 aliphatic carbocycles. The molecule has 2 spiro atoms.